The van der Waals surface area contributed by atoms with Crippen molar-refractivity contribution < 1.29 is 58.4 Å². The molecule has 52 heavy (non-hydrogen) atoms. The third-order valence-electron chi connectivity index (χ3n) is 8.21. The van der Waals surface area contributed by atoms with Crippen LogP contribution >= 0.6 is 0 Å². The topological polar surface area (TPSA) is 247 Å². The number of hydrogen-bond acceptors (Lipinski definition) is 9. The van der Waals surface area contributed by atoms with E-state index in [1.165, 1.54) is 12.8 Å². The summed E-state index contributed by atoms with van der Waals surface area (Å²) < 4.78 is 10.6. The normalized spacial score (nSPS) is 12.0. The zero-order valence-corrected chi connectivity index (χ0v) is 31.1. The van der Waals surface area contributed by atoms with Gasteiger partial charge in [0.25, 0.3) is 0 Å². The lowest BCUT2D eigenvalue weighted by atomic mass is 10.0. The second-order valence-electron chi connectivity index (χ2n) is 12.8. The van der Waals surface area contributed by atoms with Crippen molar-refractivity contribution in [3.63, 3.8) is 0 Å². The molecule has 0 aliphatic heterocycles. The molecule has 0 heterocycles. The van der Waals surface area contributed by atoms with Gasteiger partial charge in [-0.25, -0.2) is 9.59 Å². The molecule has 0 bridgehead atoms. The highest BCUT2D eigenvalue weighted by atomic mass is 16.5. The molecule has 0 rings (SSSR count). The lowest BCUT2D eigenvalue weighted by Crippen LogP contribution is -2.42. The minimum Gasteiger partial charge on any atom is -0.481 e. The van der Waals surface area contributed by atoms with Crippen LogP contribution in [0.4, 0.5) is 0 Å². The molecule has 0 fully saturated rings. The van der Waals surface area contributed by atoms with E-state index in [0.717, 1.165) is 57.8 Å². The van der Waals surface area contributed by atoms with Crippen molar-refractivity contribution in [1.29, 1.82) is 0 Å². The summed E-state index contributed by atoms with van der Waals surface area (Å²) in [6.07, 6.45) is 14.3. The Balaban J connectivity index is 3.87. The second kappa shape index (κ2) is 33.1. The van der Waals surface area contributed by atoms with E-state index in [-0.39, 0.29) is 82.8 Å². The maximum atomic E-state index is 12.3. The molecule has 0 radical (unpaired) electrons. The van der Waals surface area contributed by atoms with Crippen LogP contribution in [0.2, 0.25) is 0 Å². The minimum absolute atomic E-state index is 0.0497. The molecule has 16 nitrogen and oxygen atoms in total. The summed E-state index contributed by atoms with van der Waals surface area (Å²) in [5.41, 5.74) is 0. The smallest absolute Gasteiger partial charge is 0.326 e. The van der Waals surface area contributed by atoms with E-state index in [1.807, 2.05) is 0 Å². The Morgan fingerprint density at radius 2 is 0.981 bits per heavy atom. The molecule has 0 aromatic carbocycles. The van der Waals surface area contributed by atoms with Crippen molar-refractivity contribution in [2.24, 2.45) is 0 Å². The Morgan fingerprint density at radius 3 is 1.54 bits per heavy atom. The van der Waals surface area contributed by atoms with Gasteiger partial charge in [0, 0.05) is 38.8 Å². The number of carbonyl (C=O) groups is 7. The Morgan fingerprint density at radius 1 is 0.481 bits per heavy atom. The van der Waals surface area contributed by atoms with Gasteiger partial charge < -0.3 is 46.1 Å². The molecule has 0 aromatic heterocycles. The van der Waals surface area contributed by atoms with Crippen molar-refractivity contribution in [2.45, 2.75) is 147 Å². The molecular formula is C36H64N4O12. The summed E-state index contributed by atoms with van der Waals surface area (Å²) in [7, 11) is 0. The van der Waals surface area contributed by atoms with Crippen LogP contribution in [-0.2, 0) is 43.0 Å². The fourth-order valence-electron chi connectivity index (χ4n) is 5.18. The van der Waals surface area contributed by atoms with E-state index in [9.17, 15) is 43.8 Å². The fourth-order valence-corrected chi connectivity index (χ4v) is 5.18. The molecule has 0 aliphatic rings. The van der Waals surface area contributed by atoms with Gasteiger partial charge >= 0.3 is 17.9 Å². The maximum absolute atomic E-state index is 12.3. The number of nitrogens with one attached hydrogen (secondary N) is 4. The number of carboxylic acids is 3. The first-order valence-corrected chi connectivity index (χ1v) is 18.9. The van der Waals surface area contributed by atoms with E-state index < -0.39 is 35.9 Å². The average Bonchev–Trinajstić information content (AvgIpc) is 3.10. The standard InChI is InChI=1S/C36H64N4O12/c1-2-30(41)37-22-16-15-17-28(35(47)48)40-33(44)27-52-26-25-51-24-23-38-31(42)21-20-29(36(49)50)39-32(43)18-13-11-9-7-5-3-4-6-8-10-12-14-19-34(45)46/h28-29H,2-27H2,1H3,(H,37,41)(H,38,42)(H,39,43)(H,40,44)(H,45,46)(H,47,48)(H,49,50). The predicted molar refractivity (Wildman–Crippen MR) is 192 cm³/mol. The quantitative estimate of drug-likeness (QED) is 0.0457. The van der Waals surface area contributed by atoms with Crippen LogP contribution in [0.25, 0.3) is 0 Å². The SMILES string of the molecule is CCC(=O)NCCCCC(NC(=O)COCCOCCNC(=O)CCC(NC(=O)CCCCCCCCCCCCCCC(=O)O)C(=O)O)C(=O)O. The Labute approximate surface area is 307 Å². The van der Waals surface area contributed by atoms with Crippen molar-refractivity contribution in [2.75, 3.05) is 39.5 Å². The van der Waals surface area contributed by atoms with Crippen molar-refractivity contribution >= 4 is 41.5 Å². The molecule has 0 saturated heterocycles. The second-order valence-corrected chi connectivity index (χ2v) is 12.8. The molecule has 0 spiro atoms. The van der Waals surface area contributed by atoms with E-state index in [4.69, 9.17) is 14.6 Å². The number of carboxylic acid groups (broad SMARTS) is 3. The van der Waals surface area contributed by atoms with E-state index in [2.05, 4.69) is 21.3 Å². The lowest BCUT2D eigenvalue weighted by molar-refractivity contribution is -0.143. The number of aliphatic carboxylic acids is 3. The van der Waals surface area contributed by atoms with Crippen LogP contribution in [0, 0.1) is 0 Å². The number of unbranched alkanes of at least 4 members (excludes halogenated alkanes) is 12. The number of carbonyl (C=O) groups excluding carboxylic acids is 4. The average molecular weight is 745 g/mol. The predicted octanol–water partition coefficient (Wildman–Crippen LogP) is 3.30. The zero-order chi connectivity index (χ0) is 38.8. The number of rotatable bonds is 36. The van der Waals surface area contributed by atoms with E-state index in [1.54, 1.807) is 6.92 Å². The summed E-state index contributed by atoms with van der Waals surface area (Å²) in [6, 6.07) is -2.22. The number of ether oxygens (including phenoxy) is 2. The maximum Gasteiger partial charge on any atom is 0.326 e. The largest absolute Gasteiger partial charge is 0.481 e. The first-order valence-electron chi connectivity index (χ1n) is 18.9. The molecule has 300 valence electrons. The number of amides is 4. The van der Waals surface area contributed by atoms with Gasteiger partial charge in [0.2, 0.25) is 23.6 Å². The summed E-state index contributed by atoms with van der Waals surface area (Å²) in [5.74, 6) is -4.48. The first kappa shape index (κ1) is 48.2. The first-order chi connectivity index (χ1) is 25.0. The van der Waals surface area contributed by atoms with Crippen LogP contribution in [0.5, 0.6) is 0 Å². The highest BCUT2D eigenvalue weighted by Gasteiger charge is 2.21. The summed E-state index contributed by atoms with van der Waals surface area (Å²) in [5, 5.41) is 37.7. The van der Waals surface area contributed by atoms with Gasteiger partial charge in [-0.1, -0.05) is 71.1 Å². The third-order valence-corrected chi connectivity index (χ3v) is 8.21. The third kappa shape index (κ3) is 31.0. The van der Waals surface area contributed by atoms with Gasteiger partial charge in [-0.15, -0.1) is 0 Å². The Hall–Kier alpha value is -3.79. The van der Waals surface area contributed by atoms with E-state index >= 15 is 0 Å². The van der Waals surface area contributed by atoms with Crippen molar-refractivity contribution in [1.82, 2.24) is 21.3 Å². The summed E-state index contributed by atoms with van der Waals surface area (Å²) in [6.45, 7) is 2.35. The highest BCUT2D eigenvalue weighted by molar-refractivity contribution is 5.85. The van der Waals surface area contributed by atoms with Crippen LogP contribution in [-0.4, -0.2) is 108 Å². The molecule has 0 saturated carbocycles. The molecule has 4 amide bonds. The Bertz CT molecular complexity index is 1040. The Kier molecular flexibility index (Phi) is 30.7. The van der Waals surface area contributed by atoms with E-state index in [0.29, 0.717) is 32.2 Å². The monoisotopic (exact) mass is 744 g/mol. The number of hydrogen-bond donors (Lipinski definition) is 7. The van der Waals surface area contributed by atoms with Crippen molar-refractivity contribution in [3.8, 4) is 0 Å². The molecule has 0 aromatic rings. The zero-order valence-electron chi connectivity index (χ0n) is 31.1. The van der Waals surface area contributed by atoms with Crippen LogP contribution in [0.15, 0.2) is 0 Å². The summed E-state index contributed by atoms with van der Waals surface area (Å²) >= 11 is 0. The summed E-state index contributed by atoms with van der Waals surface area (Å²) in [4.78, 5) is 81.2. The molecule has 2 atom stereocenters. The van der Waals surface area contributed by atoms with Crippen LogP contribution < -0.4 is 21.3 Å². The van der Waals surface area contributed by atoms with Gasteiger partial charge in [0.15, 0.2) is 0 Å². The van der Waals surface area contributed by atoms with Gasteiger partial charge in [-0.05, 0) is 38.5 Å². The van der Waals surface area contributed by atoms with Gasteiger partial charge in [-0.2, -0.15) is 0 Å². The van der Waals surface area contributed by atoms with Gasteiger partial charge in [0.1, 0.15) is 18.7 Å². The highest BCUT2D eigenvalue weighted by Crippen LogP contribution is 2.13. The minimum atomic E-state index is -1.20. The fraction of sp³-hybridized carbons (Fsp3) is 0.806. The molecule has 0 aliphatic carbocycles. The van der Waals surface area contributed by atoms with Crippen LogP contribution in [0.3, 0.4) is 0 Å². The molecular weight excluding hydrogens is 680 g/mol. The van der Waals surface area contributed by atoms with Gasteiger partial charge in [-0.3, -0.25) is 24.0 Å². The van der Waals surface area contributed by atoms with Crippen LogP contribution in [0.1, 0.15) is 135 Å². The molecule has 16 heteroatoms. The van der Waals surface area contributed by atoms with Crippen molar-refractivity contribution in [3.05, 3.63) is 0 Å². The lowest BCUT2D eigenvalue weighted by Gasteiger charge is -2.15. The molecule has 2 unspecified atom stereocenters. The molecule has 7 N–H and O–H groups in total. The van der Waals surface area contributed by atoms with Gasteiger partial charge in [0.05, 0.1) is 19.8 Å².